The van der Waals surface area contributed by atoms with E-state index in [0.29, 0.717) is 12.5 Å². The number of carbonyl (C=O) groups is 1. The van der Waals surface area contributed by atoms with E-state index < -0.39 is 0 Å². The highest BCUT2D eigenvalue weighted by atomic mass is 16.5. The van der Waals surface area contributed by atoms with Crippen LogP contribution in [-0.4, -0.2) is 95.4 Å². The van der Waals surface area contributed by atoms with Gasteiger partial charge in [-0.25, -0.2) is 4.99 Å². The van der Waals surface area contributed by atoms with Gasteiger partial charge >= 0.3 is 0 Å². The van der Waals surface area contributed by atoms with Gasteiger partial charge in [-0.3, -0.25) is 9.69 Å². The van der Waals surface area contributed by atoms with E-state index >= 15 is 0 Å². The van der Waals surface area contributed by atoms with Crippen molar-refractivity contribution in [3.05, 3.63) is 29.8 Å². The second-order valence-corrected chi connectivity index (χ2v) is 8.66. The van der Waals surface area contributed by atoms with E-state index in [4.69, 9.17) is 9.47 Å². The molecule has 2 rings (SSSR count). The van der Waals surface area contributed by atoms with Crippen LogP contribution in [0, 0.1) is 0 Å². The maximum Gasteiger partial charge on any atom is 0.243 e. The number of rotatable bonds is 10. The zero-order chi connectivity index (χ0) is 22.7. The summed E-state index contributed by atoms with van der Waals surface area (Å²) in [6.07, 6.45) is 1.00. The lowest BCUT2D eigenvalue weighted by Gasteiger charge is -2.28. The molecule has 0 bridgehead atoms. The largest absolute Gasteiger partial charge is 0.497 e. The molecule has 1 aromatic carbocycles. The van der Waals surface area contributed by atoms with E-state index in [1.165, 1.54) is 5.56 Å². The van der Waals surface area contributed by atoms with Crippen LogP contribution in [0.25, 0.3) is 0 Å². The number of aliphatic imine (C=N–C) groups is 1. The number of guanidine groups is 1. The first-order valence-corrected chi connectivity index (χ1v) is 11.0. The van der Waals surface area contributed by atoms with Crippen molar-refractivity contribution in [1.82, 2.24) is 20.4 Å². The summed E-state index contributed by atoms with van der Waals surface area (Å²) < 4.78 is 10.8. The number of nitrogens with one attached hydrogen (secondary N) is 2. The van der Waals surface area contributed by atoms with Crippen molar-refractivity contribution in [1.29, 1.82) is 0 Å². The smallest absolute Gasteiger partial charge is 0.243 e. The second-order valence-electron chi connectivity index (χ2n) is 8.66. The molecule has 1 fully saturated rings. The highest BCUT2D eigenvalue weighted by Crippen LogP contribution is 2.25. The van der Waals surface area contributed by atoms with Gasteiger partial charge in [0.25, 0.3) is 0 Å². The predicted octanol–water partition coefficient (Wildman–Crippen LogP) is 1.32. The van der Waals surface area contributed by atoms with Crippen molar-refractivity contribution in [2.75, 3.05) is 73.7 Å². The van der Waals surface area contributed by atoms with Gasteiger partial charge in [0.15, 0.2) is 5.96 Å². The van der Waals surface area contributed by atoms with E-state index in [1.54, 1.807) is 26.1 Å². The van der Waals surface area contributed by atoms with Gasteiger partial charge in [0.1, 0.15) is 12.3 Å². The van der Waals surface area contributed by atoms with Crippen LogP contribution in [-0.2, 0) is 14.9 Å². The normalized spacial score (nSPS) is 15.5. The standard InChI is InChI=1S/C23H39N5O3/c1-23(2,19-8-6-9-20(16-19)30-5)18-26-22(25-17-21(29)27(3)4)24-10-7-11-28-12-14-31-15-13-28/h6,8-9,16H,7,10-15,17-18H2,1-5H3,(H2,24,25,26). The number of likely N-dealkylation sites (N-methyl/N-ethyl adjacent to an activating group) is 1. The summed E-state index contributed by atoms with van der Waals surface area (Å²) in [5.74, 6) is 1.48. The third kappa shape index (κ3) is 8.75. The van der Waals surface area contributed by atoms with E-state index in [-0.39, 0.29) is 17.9 Å². The average Bonchev–Trinajstić information content (AvgIpc) is 2.78. The number of benzene rings is 1. The molecule has 0 spiro atoms. The number of morpholine rings is 1. The zero-order valence-electron chi connectivity index (χ0n) is 19.7. The molecule has 0 aromatic heterocycles. The Kier molecular flexibility index (Phi) is 10.1. The minimum Gasteiger partial charge on any atom is -0.497 e. The van der Waals surface area contributed by atoms with Crippen LogP contribution in [0.2, 0.25) is 0 Å². The molecule has 0 unspecified atom stereocenters. The molecule has 31 heavy (non-hydrogen) atoms. The maximum atomic E-state index is 12.0. The second kappa shape index (κ2) is 12.5. The molecule has 1 aliphatic heterocycles. The van der Waals surface area contributed by atoms with Crippen molar-refractivity contribution in [3.8, 4) is 5.75 Å². The number of carbonyl (C=O) groups excluding carboxylic acids is 1. The fourth-order valence-electron chi connectivity index (χ4n) is 3.25. The molecule has 2 N–H and O–H groups in total. The number of amides is 1. The molecule has 1 aromatic rings. The van der Waals surface area contributed by atoms with E-state index in [2.05, 4.69) is 46.5 Å². The Labute approximate surface area is 187 Å². The highest BCUT2D eigenvalue weighted by Gasteiger charge is 2.22. The third-order valence-electron chi connectivity index (χ3n) is 5.47. The molecular weight excluding hydrogens is 394 g/mol. The van der Waals surface area contributed by atoms with Crippen molar-refractivity contribution in [3.63, 3.8) is 0 Å². The molecule has 0 aliphatic carbocycles. The molecule has 0 saturated carbocycles. The number of hydrogen-bond acceptors (Lipinski definition) is 5. The van der Waals surface area contributed by atoms with Gasteiger partial charge in [0.05, 0.1) is 20.3 Å². The molecule has 174 valence electrons. The Balaban J connectivity index is 1.93. The van der Waals surface area contributed by atoms with Crippen molar-refractivity contribution >= 4 is 11.9 Å². The summed E-state index contributed by atoms with van der Waals surface area (Å²) in [6.45, 7) is 10.6. The van der Waals surface area contributed by atoms with E-state index in [0.717, 1.165) is 51.6 Å². The monoisotopic (exact) mass is 433 g/mol. The molecule has 1 aliphatic rings. The number of hydrogen-bond donors (Lipinski definition) is 2. The fraction of sp³-hybridized carbons (Fsp3) is 0.652. The maximum absolute atomic E-state index is 12.0. The third-order valence-corrected chi connectivity index (χ3v) is 5.47. The first-order valence-electron chi connectivity index (χ1n) is 11.0. The van der Waals surface area contributed by atoms with Gasteiger partial charge in [-0.1, -0.05) is 26.0 Å². The molecule has 1 heterocycles. The lowest BCUT2D eigenvalue weighted by molar-refractivity contribution is -0.127. The van der Waals surface area contributed by atoms with Gasteiger partial charge in [-0.15, -0.1) is 0 Å². The number of nitrogens with zero attached hydrogens (tertiary/aromatic N) is 3. The average molecular weight is 434 g/mol. The molecule has 0 atom stereocenters. The number of ether oxygens (including phenoxy) is 2. The quantitative estimate of drug-likeness (QED) is 0.329. The summed E-state index contributed by atoms with van der Waals surface area (Å²) in [4.78, 5) is 20.5. The zero-order valence-corrected chi connectivity index (χ0v) is 19.7. The molecular formula is C23H39N5O3. The van der Waals surface area contributed by atoms with Crippen LogP contribution in [0.1, 0.15) is 25.8 Å². The van der Waals surface area contributed by atoms with Crippen LogP contribution in [0.15, 0.2) is 29.3 Å². The van der Waals surface area contributed by atoms with Gasteiger partial charge in [-0.05, 0) is 30.7 Å². The summed E-state index contributed by atoms with van der Waals surface area (Å²) in [6, 6.07) is 8.11. The summed E-state index contributed by atoms with van der Waals surface area (Å²) in [7, 11) is 5.16. The van der Waals surface area contributed by atoms with Gasteiger partial charge < -0.3 is 25.0 Å². The fourth-order valence-corrected chi connectivity index (χ4v) is 3.25. The Morgan fingerprint density at radius 2 is 2.00 bits per heavy atom. The van der Waals surface area contributed by atoms with Gasteiger partial charge in [0, 0.05) is 45.7 Å². The first kappa shape index (κ1) is 24.9. The lowest BCUT2D eigenvalue weighted by atomic mass is 9.84. The Morgan fingerprint density at radius 3 is 2.68 bits per heavy atom. The van der Waals surface area contributed by atoms with Crippen LogP contribution >= 0.6 is 0 Å². The first-order chi connectivity index (χ1) is 14.8. The van der Waals surface area contributed by atoms with Gasteiger partial charge in [0.2, 0.25) is 5.91 Å². The molecule has 8 heteroatoms. The predicted molar refractivity (Wildman–Crippen MR) is 125 cm³/mol. The van der Waals surface area contributed by atoms with Crippen molar-refractivity contribution in [2.45, 2.75) is 25.7 Å². The highest BCUT2D eigenvalue weighted by molar-refractivity contribution is 5.84. The topological polar surface area (TPSA) is 78.4 Å². The minimum absolute atomic E-state index is 0.0264. The molecule has 1 amide bonds. The van der Waals surface area contributed by atoms with Crippen LogP contribution in [0.3, 0.4) is 0 Å². The molecule has 1 saturated heterocycles. The van der Waals surface area contributed by atoms with E-state index in [9.17, 15) is 4.79 Å². The van der Waals surface area contributed by atoms with Crippen molar-refractivity contribution in [2.24, 2.45) is 4.99 Å². The van der Waals surface area contributed by atoms with Crippen LogP contribution in [0.4, 0.5) is 0 Å². The Bertz CT molecular complexity index is 715. The Hall–Kier alpha value is -2.32. The summed E-state index contributed by atoms with van der Waals surface area (Å²) >= 11 is 0. The molecule has 8 nitrogen and oxygen atoms in total. The SMILES string of the molecule is COc1cccc(C(C)(C)CNC(=NCC(=O)N(C)C)NCCCN2CCOCC2)c1. The lowest BCUT2D eigenvalue weighted by Crippen LogP contribution is -2.45. The van der Waals surface area contributed by atoms with Crippen molar-refractivity contribution < 1.29 is 14.3 Å². The van der Waals surface area contributed by atoms with Gasteiger partial charge in [-0.2, -0.15) is 0 Å². The van der Waals surface area contributed by atoms with E-state index in [1.807, 2.05) is 12.1 Å². The summed E-state index contributed by atoms with van der Waals surface area (Å²) in [5.41, 5.74) is 1.03. The minimum atomic E-state index is -0.143. The Morgan fingerprint density at radius 1 is 1.26 bits per heavy atom. The van der Waals surface area contributed by atoms with Crippen LogP contribution in [0.5, 0.6) is 5.75 Å². The number of methoxy groups -OCH3 is 1. The summed E-state index contributed by atoms with van der Waals surface area (Å²) in [5, 5.41) is 6.81. The van der Waals surface area contributed by atoms with Crippen LogP contribution < -0.4 is 15.4 Å². The molecule has 0 radical (unpaired) electrons.